The van der Waals surface area contributed by atoms with Crippen LogP contribution >= 0.6 is 0 Å². The molecular formula is C14H21FN2. The van der Waals surface area contributed by atoms with Crippen LogP contribution in [-0.2, 0) is 0 Å². The molecule has 2 nitrogen and oxygen atoms in total. The molecule has 0 unspecified atom stereocenters. The molecule has 94 valence electrons. The summed E-state index contributed by atoms with van der Waals surface area (Å²) < 4.78 is 13.1. The van der Waals surface area contributed by atoms with E-state index in [0.29, 0.717) is 5.41 Å². The minimum atomic E-state index is -0.388. The first-order chi connectivity index (χ1) is 7.97. The van der Waals surface area contributed by atoms with Crippen LogP contribution in [0.3, 0.4) is 0 Å². The molecule has 0 amide bonds. The number of rotatable bonds is 1. The van der Waals surface area contributed by atoms with Crippen LogP contribution in [0, 0.1) is 17.3 Å². The van der Waals surface area contributed by atoms with Gasteiger partial charge in [-0.1, -0.05) is 20.8 Å². The number of hydrogen-bond acceptors (Lipinski definition) is 2. The molecule has 1 fully saturated rings. The first kappa shape index (κ1) is 12.3. The molecule has 0 N–H and O–H groups in total. The molecular weight excluding hydrogens is 215 g/mol. The third-order valence-corrected chi connectivity index (χ3v) is 3.79. The molecule has 2 rings (SSSR count). The fourth-order valence-electron chi connectivity index (χ4n) is 2.59. The Bertz CT molecular complexity index is 376. The van der Waals surface area contributed by atoms with Gasteiger partial charge in [0.2, 0.25) is 5.95 Å². The Morgan fingerprint density at radius 2 is 1.94 bits per heavy atom. The van der Waals surface area contributed by atoms with Crippen molar-refractivity contribution in [3.63, 3.8) is 0 Å². The number of anilines is 1. The van der Waals surface area contributed by atoms with Crippen molar-refractivity contribution in [3.05, 3.63) is 24.3 Å². The standard InChI is InChI=1S/C14H21FN2/c1-14(2,3)11-5-8-17(9-6-11)12-4-7-16-13(15)10-12/h4,7,10-11H,5-6,8-9H2,1-3H3. The molecule has 2 heterocycles. The molecule has 1 aromatic heterocycles. The average molecular weight is 236 g/mol. The summed E-state index contributed by atoms with van der Waals surface area (Å²) in [4.78, 5) is 5.85. The molecule has 1 aliphatic heterocycles. The minimum absolute atomic E-state index is 0.385. The van der Waals surface area contributed by atoms with Crippen molar-refractivity contribution in [2.45, 2.75) is 33.6 Å². The van der Waals surface area contributed by atoms with Gasteiger partial charge in [-0.25, -0.2) is 4.98 Å². The van der Waals surface area contributed by atoms with Gasteiger partial charge >= 0.3 is 0 Å². The lowest BCUT2D eigenvalue weighted by Gasteiger charge is -2.39. The first-order valence-corrected chi connectivity index (χ1v) is 6.33. The lowest BCUT2D eigenvalue weighted by Crippen LogP contribution is -2.38. The SMILES string of the molecule is CC(C)(C)C1CCN(c2ccnc(F)c2)CC1. The number of nitrogens with zero attached hydrogens (tertiary/aromatic N) is 2. The van der Waals surface area contributed by atoms with Crippen LogP contribution in [-0.4, -0.2) is 18.1 Å². The Balaban J connectivity index is 2.00. The van der Waals surface area contributed by atoms with Gasteiger partial charge in [-0.05, 0) is 30.2 Å². The quantitative estimate of drug-likeness (QED) is 0.694. The summed E-state index contributed by atoms with van der Waals surface area (Å²) in [6.07, 6.45) is 3.92. The van der Waals surface area contributed by atoms with Gasteiger partial charge in [0.25, 0.3) is 0 Å². The van der Waals surface area contributed by atoms with Crippen molar-refractivity contribution >= 4 is 5.69 Å². The van der Waals surface area contributed by atoms with Crippen molar-refractivity contribution < 1.29 is 4.39 Å². The Kier molecular flexibility index (Phi) is 3.36. The van der Waals surface area contributed by atoms with Crippen molar-refractivity contribution in [2.24, 2.45) is 11.3 Å². The molecule has 0 bridgehead atoms. The Morgan fingerprint density at radius 1 is 1.29 bits per heavy atom. The monoisotopic (exact) mass is 236 g/mol. The van der Waals surface area contributed by atoms with Crippen LogP contribution in [0.25, 0.3) is 0 Å². The maximum atomic E-state index is 13.1. The lowest BCUT2D eigenvalue weighted by atomic mass is 9.75. The number of halogens is 1. The van der Waals surface area contributed by atoms with Gasteiger partial charge in [-0.2, -0.15) is 4.39 Å². The van der Waals surface area contributed by atoms with E-state index >= 15 is 0 Å². The molecule has 1 aliphatic rings. The van der Waals surface area contributed by atoms with Crippen molar-refractivity contribution in [1.29, 1.82) is 0 Å². The molecule has 3 heteroatoms. The van der Waals surface area contributed by atoms with E-state index in [1.807, 2.05) is 6.07 Å². The maximum Gasteiger partial charge on any atom is 0.214 e. The van der Waals surface area contributed by atoms with Gasteiger partial charge < -0.3 is 4.90 Å². The van der Waals surface area contributed by atoms with E-state index in [0.717, 1.165) is 24.7 Å². The first-order valence-electron chi connectivity index (χ1n) is 6.33. The molecule has 17 heavy (non-hydrogen) atoms. The highest BCUT2D eigenvalue weighted by atomic mass is 19.1. The van der Waals surface area contributed by atoms with Crippen LogP contribution in [0.4, 0.5) is 10.1 Å². The van der Waals surface area contributed by atoms with Crippen molar-refractivity contribution in [2.75, 3.05) is 18.0 Å². The molecule has 0 spiro atoms. The Morgan fingerprint density at radius 3 is 2.47 bits per heavy atom. The largest absolute Gasteiger partial charge is 0.371 e. The lowest BCUT2D eigenvalue weighted by molar-refractivity contribution is 0.199. The normalized spacial score (nSPS) is 18.5. The van der Waals surface area contributed by atoms with Crippen LogP contribution in [0.2, 0.25) is 0 Å². The molecule has 1 saturated heterocycles. The molecule has 0 aliphatic carbocycles. The summed E-state index contributed by atoms with van der Waals surface area (Å²) in [7, 11) is 0. The predicted molar refractivity (Wildman–Crippen MR) is 68.6 cm³/mol. The summed E-state index contributed by atoms with van der Waals surface area (Å²) in [5.41, 5.74) is 1.35. The van der Waals surface area contributed by atoms with E-state index in [2.05, 4.69) is 30.7 Å². The number of pyridine rings is 1. The Labute approximate surface area is 103 Å². The van der Waals surface area contributed by atoms with Crippen molar-refractivity contribution in [1.82, 2.24) is 4.98 Å². The second-order valence-electron chi connectivity index (χ2n) is 5.96. The van der Waals surface area contributed by atoms with E-state index in [4.69, 9.17) is 0 Å². The molecule has 0 saturated carbocycles. The van der Waals surface area contributed by atoms with Gasteiger partial charge in [0, 0.05) is 31.0 Å². The summed E-state index contributed by atoms with van der Waals surface area (Å²) in [6.45, 7) is 8.95. The predicted octanol–water partition coefficient (Wildman–Crippen LogP) is 3.48. The maximum absolute atomic E-state index is 13.1. The van der Waals surface area contributed by atoms with E-state index in [9.17, 15) is 4.39 Å². The third-order valence-electron chi connectivity index (χ3n) is 3.79. The second-order valence-corrected chi connectivity index (χ2v) is 5.96. The van der Waals surface area contributed by atoms with Gasteiger partial charge in [0.15, 0.2) is 0 Å². The fourth-order valence-corrected chi connectivity index (χ4v) is 2.59. The molecule has 0 radical (unpaired) electrons. The van der Waals surface area contributed by atoms with Gasteiger partial charge in [-0.3, -0.25) is 0 Å². The molecule has 0 aromatic carbocycles. The summed E-state index contributed by atoms with van der Waals surface area (Å²) in [5, 5.41) is 0. The highest BCUT2D eigenvalue weighted by Gasteiger charge is 2.28. The van der Waals surface area contributed by atoms with Crippen LogP contribution < -0.4 is 4.90 Å². The third kappa shape index (κ3) is 2.96. The highest BCUT2D eigenvalue weighted by molar-refractivity contribution is 5.45. The second kappa shape index (κ2) is 4.63. The number of piperidine rings is 1. The topological polar surface area (TPSA) is 16.1 Å². The zero-order chi connectivity index (χ0) is 12.5. The molecule has 1 aromatic rings. The summed E-state index contributed by atoms with van der Waals surface area (Å²) in [5.74, 6) is 0.380. The van der Waals surface area contributed by atoms with E-state index in [-0.39, 0.29) is 5.95 Å². The Hall–Kier alpha value is -1.12. The number of aromatic nitrogens is 1. The summed E-state index contributed by atoms with van der Waals surface area (Å²) >= 11 is 0. The van der Waals surface area contributed by atoms with E-state index < -0.39 is 0 Å². The van der Waals surface area contributed by atoms with Gasteiger partial charge in [0.1, 0.15) is 0 Å². The smallest absolute Gasteiger partial charge is 0.214 e. The van der Waals surface area contributed by atoms with Crippen molar-refractivity contribution in [3.8, 4) is 0 Å². The van der Waals surface area contributed by atoms with Gasteiger partial charge in [0.05, 0.1) is 0 Å². The molecule has 0 atom stereocenters. The highest BCUT2D eigenvalue weighted by Crippen LogP contribution is 2.35. The summed E-state index contributed by atoms with van der Waals surface area (Å²) in [6, 6.07) is 3.41. The van der Waals surface area contributed by atoms with Crippen LogP contribution in [0.1, 0.15) is 33.6 Å². The van der Waals surface area contributed by atoms with E-state index in [1.165, 1.54) is 18.9 Å². The average Bonchev–Trinajstić information content (AvgIpc) is 2.28. The minimum Gasteiger partial charge on any atom is -0.371 e. The van der Waals surface area contributed by atoms with E-state index in [1.54, 1.807) is 6.20 Å². The van der Waals surface area contributed by atoms with Gasteiger partial charge in [-0.15, -0.1) is 0 Å². The zero-order valence-electron chi connectivity index (χ0n) is 10.9. The van der Waals surface area contributed by atoms with Crippen LogP contribution in [0.15, 0.2) is 18.3 Å². The zero-order valence-corrected chi connectivity index (χ0v) is 10.9. The fraction of sp³-hybridized carbons (Fsp3) is 0.643. The van der Waals surface area contributed by atoms with Crippen LogP contribution in [0.5, 0.6) is 0 Å². The number of hydrogen-bond donors (Lipinski definition) is 0.